The van der Waals surface area contributed by atoms with Crippen molar-refractivity contribution in [2.75, 3.05) is 0 Å². The Morgan fingerprint density at radius 3 is 1.84 bits per heavy atom. The van der Waals surface area contributed by atoms with Crippen molar-refractivity contribution in [1.29, 1.82) is 0 Å². The minimum absolute atomic E-state index is 0.162. The Balaban J connectivity index is 1.12. The van der Waals surface area contributed by atoms with Gasteiger partial charge in [0.2, 0.25) is 0 Å². The summed E-state index contributed by atoms with van der Waals surface area (Å²) in [5.41, 5.74) is 14.3. The van der Waals surface area contributed by atoms with E-state index in [-0.39, 0.29) is 11.0 Å². The van der Waals surface area contributed by atoms with Gasteiger partial charge >= 0.3 is 5.63 Å². The summed E-state index contributed by atoms with van der Waals surface area (Å²) in [5.74, 6) is 0. The molecule has 1 aliphatic rings. The lowest BCUT2D eigenvalue weighted by Crippen LogP contribution is -2.15. The first-order valence-corrected chi connectivity index (χ1v) is 19.2. The molecule has 8 aromatic carbocycles. The maximum absolute atomic E-state index is 13.5. The summed E-state index contributed by atoms with van der Waals surface area (Å²) < 4.78 is 10.5. The number of aromatic nitrogens is 2. The van der Waals surface area contributed by atoms with E-state index in [1.54, 1.807) is 0 Å². The number of hydrogen-bond donors (Lipinski definition) is 0. The maximum Gasteiger partial charge on any atom is 0.344 e. The first-order chi connectivity index (χ1) is 27.4. The van der Waals surface area contributed by atoms with Crippen molar-refractivity contribution in [3.05, 3.63) is 191 Å². The minimum atomic E-state index is -0.329. The van der Waals surface area contributed by atoms with E-state index in [0.29, 0.717) is 11.0 Å². The third-order valence-electron chi connectivity index (χ3n) is 12.3. The number of hydrogen-bond acceptors (Lipinski definition) is 2. The van der Waals surface area contributed by atoms with Crippen molar-refractivity contribution in [2.24, 2.45) is 0 Å². The van der Waals surface area contributed by atoms with Crippen LogP contribution in [0.25, 0.3) is 99.0 Å². The lowest BCUT2D eigenvalue weighted by molar-refractivity contribution is 0.569. The van der Waals surface area contributed by atoms with Crippen LogP contribution in [0.3, 0.4) is 0 Å². The van der Waals surface area contributed by atoms with E-state index in [0.717, 1.165) is 38.7 Å². The highest BCUT2D eigenvalue weighted by Gasteiger charge is 2.36. The van der Waals surface area contributed by atoms with Crippen LogP contribution >= 0.6 is 0 Å². The number of para-hydroxylation sites is 3. The van der Waals surface area contributed by atoms with Gasteiger partial charge in [-0.25, -0.2) is 4.79 Å². The van der Waals surface area contributed by atoms with Crippen LogP contribution in [0.1, 0.15) is 25.0 Å². The average molecular weight is 719 g/mol. The van der Waals surface area contributed by atoms with Gasteiger partial charge in [0.05, 0.1) is 27.5 Å². The van der Waals surface area contributed by atoms with Gasteiger partial charge in [0.1, 0.15) is 5.58 Å². The van der Waals surface area contributed by atoms with Crippen LogP contribution in [0.2, 0.25) is 0 Å². The SMILES string of the molecule is CC1(C)c2ccccc2-c2cc3c4cc(-c5ccc6c(c5)c5ccccc5n6-c5ccccc5)ccc4n(-c4ccc5c(c4)c(=O)oc4ccccc45)c3cc21. The predicted molar refractivity (Wildman–Crippen MR) is 232 cm³/mol. The molecule has 0 saturated carbocycles. The van der Waals surface area contributed by atoms with Crippen molar-refractivity contribution < 1.29 is 4.42 Å². The molecule has 0 bridgehead atoms. The fourth-order valence-electron chi connectivity index (χ4n) is 9.69. The highest BCUT2D eigenvalue weighted by Crippen LogP contribution is 2.51. The van der Waals surface area contributed by atoms with E-state index < -0.39 is 0 Å². The molecule has 4 nitrogen and oxygen atoms in total. The molecule has 264 valence electrons. The Hall–Kier alpha value is -7.17. The molecule has 0 fully saturated rings. The summed E-state index contributed by atoms with van der Waals surface area (Å²) in [6.45, 7) is 4.65. The Morgan fingerprint density at radius 1 is 0.411 bits per heavy atom. The molecule has 0 N–H and O–H groups in total. The van der Waals surface area contributed by atoms with E-state index >= 15 is 0 Å². The molecule has 4 heteroatoms. The van der Waals surface area contributed by atoms with Crippen molar-refractivity contribution in [1.82, 2.24) is 9.13 Å². The number of rotatable bonds is 3. The van der Waals surface area contributed by atoms with Gasteiger partial charge in [0.15, 0.2) is 0 Å². The molecular formula is C52H34N2O2. The molecular weight excluding hydrogens is 685 g/mol. The van der Waals surface area contributed by atoms with Crippen molar-refractivity contribution >= 4 is 65.4 Å². The second-order valence-corrected chi connectivity index (χ2v) is 15.7. The maximum atomic E-state index is 13.5. The fourth-order valence-corrected chi connectivity index (χ4v) is 9.69. The molecule has 3 aromatic heterocycles. The Labute approximate surface area is 322 Å². The summed E-state index contributed by atoms with van der Waals surface area (Å²) in [6.07, 6.45) is 0. The van der Waals surface area contributed by atoms with Crippen LogP contribution in [0.15, 0.2) is 179 Å². The van der Waals surface area contributed by atoms with E-state index in [2.05, 4.69) is 163 Å². The molecule has 0 radical (unpaired) electrons. The second kappa shape index (κ2) is 11.2. The molecule has 3 heterocycles. The van der Waals surface area contributed by atoms with Crippen LogP contribution in [0.5, 0.6) is 0 Å². The van der Waals surface area contributed by atoms with Gasteiger partial charge in [-0.05, 0) is 106 Å². The topological polar surface area (TPSA) is 40.1 Å². The molecule has 0 spiro atoms. The van der Waals surface area contributed by atoms with Gasteiger partial charge in [0.25, 0.3) is 0 Å². The zero-order valence-electron chi connectivity index (χ0n) is 30.9. The average Bonchev–Trinajstić information content (AvgIpc) is 3.82. The number of benzene rings is 8. The predicted octanol–water partition coefficient (Wildman–Crippen LogP) is 13.1. The first-order valence-electron chi connectivity index (χ1n) is 19.2. The summed E-state index contributed by atoms with van der Waals surface area (Å²) >= 11 is 0. The molecule has 0 amide bonds. The molecule has 0 atom stereocenters. The Bertz CT molecular complexity index is 3530. The summed E-state index contributed by atoms with van der Waals surface area (Å²) in [7, 11) is 0. The third kappa shape index (κ3) is 4.21. The third-order valence-corrected chi connectivity index (χ3v) is 12.3. The summed E-state index contributed by atoms with van der Waals surface area (Å²) in [4.78, 5) is 13.5. The number of fused-ring (bicyclic) bond motifs is 12. The highest BCUT2D eigenvalue weighted by molar-refractivity contribution is 6.14. The smallest absolute Gasteiger partial charge is 0.344 e. The lowest BCUT2D eigenvalue weighted by Gasteiger charge is -2.21. The molecule has 0 unspecified atom stereocenters. The summed E-state index contributed by atoms with van der Waals surface area (Å²) in [5, 5.41) is 7.21. The van der Waals surface area contributed by atoms with Gasteiger partial charge in [0, 0.05) is 49.1 Å². The van der Waals surface area contributed by atoms with Gasteiger partial charge in [-0.3, -0.25) is 0 Å². The number of nitrogens with zero attached hydrogens (tertiary/aromatic N) is 2. The lowest BCUT2D eigenvalue weighted by atomic mass is 9.82. The Morgan fingerprint density at radius 2 is 1.04 bits per heavy atom. The van der Waals surface area contributed by atoms with Gasteiger partial charge in [-0.2, -0.15) is 0 Å². The standard InChI is InChI=1S/C52H34N2O2/c1-52(2)44-17-9-6-14-36(44)39-29-42-41-27-32(31-20-24-47-40(26-31)37-15-7-10-18-46(37)53(47)33-12-4-3-5-13-33)21-25-48(41)54(49(42)30-45(39)52)34-22-23-35-38-16-8-11-19-50(38)56-51(55)43(35)28-34/h3-30H,1-2H3. The van der Waals surface area contributed by atoms with E-state index in [4.69, 9.17) is 4.42 Å². The van der Waals surface area contributed by atoms with Crippen LogP contribution in [-0.4, -0.2) is 9.13 Å². The molecule has 0 saturated heterocycles. The van der Waals surface area contributed by atoms with E-state index in [9.17, 15) is 4.79 Å². The minimum Gasteiger partial charge on any atom is -0.422 e. The van der Waals surface area contributed by atoms with Crippen molar-refractivity contribution in [2.45, 2.75) is 19.3 Å². The van der Waals surface area contributed by atoms with Crippen LogP contribution in [0, 0.1) is 0 Å². The highest BCUT2D eigenvalue weighted by atomic mass is 16.4. The Kier molecular flexibility index (Phi) is 6.23. The van der Waals surface area contributed by atoms with Gasteiger partial charge in [-0.1, -0.05) is 111 Å². The van der Waals surface area contributed by atoms with Gasteiger partial charge < -0.3 is 13.6 Å². The van der Waals surface area contributed by atoms with Gasteiger partial charge in [-0.15, -0.1) is 0 Å². The zero-order chi connectivity index (χ0) is 37.3. The van der Waals surface area contributed by atoms with Crippen LogP contribution < -0.4 is 5.63 Å². The van der Waals surface area contributed by atoms with Crippen LogP contribution in [-0.2, 0) is 5.41 Å². The monoisotopic (exact) mass is 718 g/mol. The molecule has 0 aliphatic heterocycles. The van der Waals surface area contributed by atoms with Crippen molar-refractivity contribution in [3.8, 4) is 33.6 Å². The first kappa shape index (κ1) is 31.2. The largest absolute Gasteiger partial charge is 0.422 e. The quantitative estimate of drug-likeness (QED) is 0.135. The van der Waals surface area contributed by atoms with Crippen LogP contribution in [0.4, 0.5) is 0 Å². The zero-order valence-corrected chi connectivity index (χ0v) is 30.9. The molecule has 12 rings (SSSR count). The normalized spacial score (nSPS) is 13.4. The molecule has 1 aliphatic carbocycles. The van der Waals surface area contributed by atoms with E-state index in [1.165, 1.54) is 60.4 Å². The fraction of sp³-hybridized carbons (Fsp3) is 0.0577. The molecule has 11 aromatic rings. The van der Waals surface area contributed by atoms with E-state index in [1.807, 2.05) is 30.3 Å². The summed E-state index contributed by atoms with van der Waals surface area (Å²) in [6, 6.07) is 60.6. The second-order valence-electron chi connectivity index (χ2n) is 15.7. The molecule has 56 heavy (non-hydrogen) atoms. The van der Waals surface area contributed by atoms with Crippen molar-refractivity contribution in [3.63, 3.8) is 0 Å².